The van der Waals surface area contributed by atoms with Crippen LogP contribution in [0, 0.1) is 0 Å². The van der Waals surface area contributed by atoms with E-state index in [1.54, 1.807) is 66.7 Å². The second-order valence-electron chi connectivity index (χ2n) is 7.55. The van der Waals surface area contributed by atoms with Crippen molar-refractivity contribution < 1.29 is 36.2 Å². The van der Waals surface area contributed by atoms with Gasteiger partial charge in [0.2, 0.25) is 0 Å². The van der Waals surface area contributed by atoms with E-state index >= 15 is 0 Å². The van der Waals surface area contributed by atoms with Crippen molar-refractivity contribution in [1.82, 2.24) is 4.98 Å². The van der Waals surface area contributed by atoms with Crippen LogP contribution in [0.3, 0.4) is 0 Å². The van der Waals surface area contributed by atoms with Gasteiger partial charge in [0, 0.05) is 35.0 Å². The molecule has 4 aromatic rings. The predicted molar refractivity (Wildman–Crippen MR) is 135 cm³/mol. The second-order valence-corrected chi connectivity index (χ2v) is 7.55. The average molecular weight is 534 g/mol. The molecule has 3 aromatic carbocycles. The Kier molecular flexibility index (Phi) is 9.47. The summed E-state index contributed by atoms with van der Waals surface area (Å²) in [5, 5.41) is 24.7. The second kappa shape index (κ2) is 13.0. The number of hydrogen-bond acceptors (Lipinski definition) is 7. The van der Waals surface area contributed by atoms with Crippen LogP contribution >= 0.6 is 0 Å². The molecule has 37 heavy (non-hydrogen) atoms. The van der Waals surface area contributed by atoms with E-state index in [2.05, 4.69) is 15.0 Å². The first-order valence-electron chi connectivity index (χ1n) is 11.0. The van der Waals surface area contributed by atoms with Crippen LogP contribution in [-0.2, 0) is 21.3 Å². The largest absolute Gasteiger partial charge is 2.00 e. The van der Waals surface area contributed by atoms with Crippen molar-refractivity contribution in [3.8, 4) is 5.75 Å². The van der Waals surface area contributed by atoms with Gasteiger partial charge in [0.05, 0.1) is 30.2 Å². The van der Waals surface area contributed by atoms with Crippen molar-refractivity contribution in [2.45, 2.75) is 0 Å². The third-order valence-corrected chi connectivity index (χ3v) is 5.26. The fraction of sp³-hybridized carbons (Fsp3) is 0.0345. The summed E-state index contributed by atoms with van der Waals surface area (Å²) in [5.41, 5.74) is 2.61. The average Bonchev–Trinajstić information content (AvgIpc) is 2.92. The van der Waals surface area contributed by atoms with Gasteiger partial charge in [-0.1, -0.05) is 66.7 Å². The van der Waals surface area contributed by atoms with Gasteiger partial charge >= 0.3 is 16.5 Å². The topological polar surface area (TPSA) is 110 Å². The minimum atomic E-state index is -1.38. The van der Waals surface area contributed by atoms with Gasteiger partial charge in [-0.05, 0) is 35.9 Å². The molecular formula is C29H21N3NiO4. The fourth-order valence-electron chi connectivity index (χ4n) is 3.47. The number of carbonyl (C=O) groups is 1. The molecule has 0 aliphatic rings. The van der Waals surface area contributed by atoms with Crippen LogP contribution < -0.4 is 14.9 Å². The van der Waals surface area contributed by atoms with Crippen LogP contribution in [0.4, 0.5) is 5.69 Å². The number of ether oxygens (including phenoxy) is 1. The first-order valence-corrected chi connectivity index (χ1v) is 11.0. The monoisotopic (exact) mass is 533 g/mol. The summed E-state index contributed by atoms with van der Waals surface area (Å²) in [6.07, 6.45) is 2.77. The smallest absolute Gasteiger partial charge is 0.857 e. The normalized spacial score (nSPS) is 12.0. The van der Waals surface area contributed by atoms with Crippen molar-refractivity contribution >= 4 is 28.8 Å². The zero-order valence-electron chi connectivity index (χ0n) is 19.7. The zero-order chi connectivity index (χ0) is 25.3. The minimum Gasteiger partial charge on any atom is -0.857 e. The van der Waals surface area contributed by atoms with Gasteiger partial charge in [0.1, 0.15) is 5.75 Å². The molecule has 0 radical (unpaired) electrons. The SMILES string of the molecule is COc1ccc(/C(=C/N=C(c2ccccc2)c2ccccc2N=C([O-])c2ccccn2)C(=O)[O-])cc1.[Ni+2]. The third-order valence-electron chi connectivity index (χ3n) is 5.26. The molecule has 0 N–H and O–H groups in total. The summed E-state index contributed by atoms with van der Waals surface area (Å²) in [5.74, 6) is -1.28. The zero-order valence-corrected chi connectivity index (χ0v) is 20.7. The van der Waals surface area contributed by atoms with Crippen molar-refractivity contribution in [1.29, 1.82) is 0 Å². The fourth-order valence-corrected chi connectivity index (χ4v) is 3.47. The molecule has 1 heterocycles. The predicted octanol–water partition coefficient (Wildman–Crippen LogP) is 3.15. The number of nitrogens with zero attached hydrogens (tertiary/aromatic N) is 3. The summed E-state index contributed by atoms with van der Waals surface area (Å²) in [6.45, 7) is 0. The number of rotatable bonds is 8. The Bertz CT molecular complexity index is 1440. The Labute approximate surface area is 224 Å². The Morgan fingerprint density at radius 3 is 2.16 bits per heavy atom. The van der Waals surface area contributed by atoms with Crippen molar-refractivity contribution in [2.24, 2.45) is 9.98 Å². The molecule has 1 aromatic heterocycles. The molecule has 0 atom stereocenters. The summed E-state index contributed by atoms with van der Waals surface area (Å²) < 4.78 is 5.15. The van der Waals surface area contributed by atoms with Crippen LogP contribution in [-0.4, -0.2) is 29.7 Å². The molecule has 0 saturated heterocycles. The van der Waals surface area contributed by atoms with Crippen molar-refractivity contribution in [3.63, 3.8) is 0 Å². The quantitative estimate of drug-likeness (QED) is 0.149. The van der Waals surface area contributed by atoms with E-state index in [4.69, 9.17) is 4.74 Å². The first-order chi connectivity index (χ1) is 17.6. The van der Waals surface area contributed by atoms with Gasteiger partial charge in [-0.3, -0.25) is 15.0 Å². The van der Waals surface area contributed by atoms with E-state index in [9.17, 15) is 15.0 Å². The summed E-state index contributed by atoms with van der Waals surface area (Å²) >= 11 is 0. The molecule has 0 aliphatic heterocycles. The number of carboxylic acids is 1. The first kappa shape index (κ1) is 27.0. The van der Waals surface area contributed by atoms with Gasteiger partial charge in [-0.15, -0.1) is 0 Å². The molecule has 0 amide bonds. The maximum absolute atomic E-state index is 12.7. The summed E-state index contributed by atoms with van der Waals surface area (Å²) in [7, 11) is 1.53. The van der Waals surface area contributed by atoms with E-state index in [1.807, 2.05) is 30.3 Å². The van der Waals surface area contributed by atoms with E-state index < -0.39 is 11.9 Å². The van der Waals surface area contributed by atoms with E-state index in [-0.39, 0.29) is 27.8 Å². The Balaban J connectivity index is 0.00000380. The molecule has 7 nitrogen and oxygen atoms in total. The Hall–Kier alpha value is -4.55. The van der Waals surface area contributed by atoms with E-state index in [0.29, 0.717) is 33.8 Å². The van der Waals surface area contributed by atoms with Gasteiger partial charge in [-0.25, -0.2) is 0 Å². The number of benzene rings is 3. The number of methoxy groups -OCH3 is 1. The standard InChI is InChI=1S/C29H23N3O4.Ni/c1-36-22-16-14-20(15-17-22)24(29(34)35)19-31-27(21-9-3-2-4-10-21)23-11-5-6-12-25(23)32-28(33)26-13-7-8-18-30-26;/h2-19H,1H3,(H,32,33)(H,34,35);/q;+2/p-2/b24-19-,31-27?;. The number of aliphatic carboxylic acids is 1. The molecule has 0 bridgehead atoms. The molecular weight excluding hydrogens is 513 g/mol. The number of pyridine rings is 1. The van der Waals surface area contributed by atoms with Gasteiger partial charge in [-0.2, -0.15) is 0 Å². The molecule has 0 saturated carbocycles. The number of aromatic nitrogens is 1. The van der Waals surface area contributed by atoms with E-state index in [0.717, 1.165) is 0 Å². The van der Waals surface area contributed by atoms with Crippen LogP contribution in [0.2, 0.25) is 0 Å². The molecule has 0 unspecified atom stereocenters. The van der Waals surface area contributed by atoms with Crippen LogP contribution in [0.25, 0.3) is 5.57 Å². The van der Waals surface area contributed by atoms with Crippen LogP contribution in [0.1, 0.15) is 22.4 Å². The molecule has 0 fully saturated rings. The number of carboxylic acid groups (broad SMARTS) is 1. The number of hydrogen-bond donors (Lipinski definition) is 0. The molecule has 4 rings (SSSR count). The Morgan fingerprint density at radius 1 is 0.838 bits per heavy atom. The molecule has 0 aliphatic carbocycles. The molecule has 186 valence electrons. The maximum Gasteiger partial charge on any atom is 2.00 e. The number of aliphatic imine (C=N–C) groups is 2. The van der Waals surface area contributed by atoms with Gasteiger partial charge in [0.25, 0.3) is 0 Å². The number of para-hydroxylation sites is 1. The number of carbonyl (C=O) groups excluding carboxylic acids is 1. The van der Waals surface area contributed by atoms with Crippen molar-refractivity contribution in [3.05, 3.63) is 132 Å². The molecule has 0 spiro atoms. The summed E-state index contributed by atoms with van der Waals surface area (Å²) in [6, 6.07) is 27.8. The van der Waals surface area contributed by atoms with Gasteiger partial charge in [0.15, 0.2) is 0 Å². The van der Waals surface area contributed by atoms with Crippen molar-refractivity contribution in [2.75, 3.05) is 7.11 Å². The maximum atomic E-state index is 12.7. The van der Waals surface area contributed by atoms with Gasteiger partial charge < -0.3 is 19.7 Å². The van der Waals surface area contributed by atoms with Crippen LogP contribution in [0.5, 0.6) is 5.75 Å². The Morgan fingerprint density at radius 2 is 1.51 bits per heavy atom. The minimum absolute atomic E-state index is 0. The molecule has 8 heteroatoms. The third kappa shape index (κ3) is 6.78. The van der Waals surface area contributed by atoms with Crippen LogP contribution in [0.15, 0.2) is 119 Å². The van der Waals surface area contributed by atoms with E-state index in [1.165, 1.54) is 19.5 Å². The summed E-state index contributed by atoms with van der Waals surface area (Å²) in [4.78, 5) is 24.9.